The van der Waals surface area contributed by atoms with Gasteiger partial charge in [0.2, 0.25) is 5.91 Å². The first kappa shape index (κ1) is 15.5. The van der Waals surface area contributed by atoms with Crippen molar-refractivity contribution in [1.82, 2.24) is 9.80 Å². The Morgan fingerprint density at radius 3 is 2.86 bits per heavy atom. The third kappa shape index (κ3) is 3.67. The average molecular weight is 304 g/mol. The molecule has 2 fully saturated rings. The van der Waals surface area contributed by atoms with Crippen molar-refractivity contribution < 1.29 is 9.18 Å². The fraction of sp³-hybridized carbons (Fsp3) is 0.611. The zero-order chi connectivity index (χ0) is 15.5. The zero-order valence-electron chi connectivity index (χ0n) is 13.3. The van der Waals surface area contributed by atoms with Gasteiger partial charge in [-0.15, -0.1) is 0 Å². The van der Waals surface area contributed by atoms with E-state index in [1.807, 2.05) is 6.07 Å². The van der Waals surface area contributed by atoms with Gasteiger partial charge in [-0.05, 0) is 56.8 Å². The SMILES string of the molecule is CCN(C(=O)C1CCCN(Cc2cccc(F)c2)C1)C1CC1. The molecule has 0 spiro atoms. The van der Waals surface area contributed by atoms with Crippen molar-refractivity contribution in [3.05, 3.63) is 35.6 Å². The fourth-order valence-electron chi connectivity index (χ4n) is 3.51. The van der Waals surface area contributed by atoms with Gasteiger partial charge in [0.1, 0.15) is 5.82 Å². The molecule has 1 heterocycles. The van der Waals surface area contributed by atoms with Crippen molar-refractivity contribution in [3.63, 3.8) is 0 Å². The number of carbonyl (C=O) groups excluding carboxylic acids is 1. The molecule has 1 aromatic carbocycles. The van der Waals surface area contributed by atoms with Gasteiger partial charge in [-0.2, -0.15) is 0 Å². The Bertz CT molecular complexity index is 530. The first-order valence-electron chi connectivity index (χ1n) is 8.44. The van der Waals surface area contributed by atoms with Gasteiger partial charge in [0.25, 0.3) is 0 Å². The van der Waals surface area contributed by atoms with Crippen molar-refractivity contribution in [3.8, 4) is 0 Å². The van der Waals surface area contributed by atoms with Crippen LogP contribution in [-0.2, 0) is 11.3 Å². The number of benzene rings is 1. The molecule has 120 valence electrons. The van der Waals surface area contributed by atoms with Crippen LogP contribution in [0.2, 0.25) is 0 Å². The minimum atomic E-state index is -0.187. The summed E-state index contributed by atoms with van der Waals surface area (Å²) in [5.74, 6) is 0.254. The molecule has 22 heavy (non-hydrogen) atoms. The molecule has 1 unspecified atom stereocenters. The molecule has 3 nitrogen and oxygen atoms in total. The number of amides is 1. The number of nitrogens with zero attached hydrogens (tertiary/aromatic N) is 2. The number of likely N-dealkylation sites (tertiary alicyclic amines) is 1. The van der Waals surface area contributed by atoms with Gasteiger partial charge in [0.05, 0.1) is 5.92 Å². The van der Waals surface area contributed by atoms with Crippen LogP contribution in [0.25, 0.3) is 0 Å². The average Bonchev–Trinajstić information content (AvgIpc) is 3.33. The number of piperidine rings is 1. The first-order chi connectivity index (χ1) is 10.7. The first-order valence-corrected chi connectivity index (χ1v) is 8.44. The molecule has 2 aliphatic rings. The Morgan fingerprint density at radius 1 is 1.36 bits per heavy atom. The molecular weight excluding hydrogens is 279 g/mol. The van der Waals surface area contributed by atoms with E-state index < -0.39 is 0 Å². The summed E-state index contributed by atoms with van der Waals surface area (Å²) in [6, 6.07) is 7.27. The van der Waals surface area contributed by atoms with Crippen molar-refractivity contribution in [1.29, 1.82) is 0 Å². The van der Waals surface area contributed by atoms with E-state index >= 15 is 0 Å². The third-order valence-corrected chi connectivity index (χ3v) is 4.76. The van der Waals surface area contributed by atoms with Crippen molar-refractivity contribution in [2.45, 2.75) is 45.2 Å². The lowest BCUT2D eigenvalue weighted by atomic mass is 9.96. The van der Waals surface area contributed by atoms with E-state index in [2.05, 4.69) is 16.7 Å². The summed E-state index contributed by atoms with van der Waals surface area (Å²) in [5, 5.41) is 0. The molecule has 1 saturated heterocycles. The summed E-state index contributed by atoms with van der Waals surface area (Å²) in [6.45, 7) is 5.43. The van der Waals surface area contributed by atoms with Crippen LogP contribution < -0.4 is 0 Å². The van der Waals surface area contributed by atoms with Crippen molar-refractivity contribution >= 4 is 5.91 Å². The molecule has 4 heteroatoms. The third-order valence-electron chi connectivity index (χ3n) is 4.76. The predicted molar refractivity (Wildman–Crippen MR) is 84.8 cm³/mol. The summed E-state index contributed by atoms with van der Waals surface area (Å²) in [7, 11) is 0. The van der Waals surface area contributed by atoms with Crippen LogP contribution in [0, 0.1) is 11.7 Å². The smallest absolute Gasteiger partial charge is 0.227 e. The molecule has 0 N–H and O–H groups in total. The highest BCUT2D eigenvalue weighted by Gasteiger charge is 2.36. The maximum absolute atomic E-state index is 13.3. The number of carbonyl (C=O) groups is 1. The van der Waals surface area contributed by atoms with E-state index in [1.165, 1.54) is 18.9 Å². The van der Waals surface area contributed by atoms with Crippen LogP contribution in [0.3, 0.4) is 0 Å². The standard InChI is InChI=1S/C18H25FN2O/c1-2-21(17-8-9-17)18(22)15-6-4-10-20(13-15)12-14-5-3-7-16(19)11-14/h3,5,7,11,15,17H,2,4,6,8-10,12-13H2,1H3. The highest BCUT2D eigenvalue weighted by Crippen LogP contribution is 2.30. The second-order valence-corrected chi connectivity index (χ2v) is 6.56. The zero-order valence-corrected chi connectivity index (χ0v) is 13.3. The molecule has 0 aromatic heterocycles. The predicted octanol–water partition coefficient (Wildman–Crippen LogP) is 3.05. The van der Waals surface area contributed by atoms with Crippen LogP contribution in [-0.4, -0.2) is 41.4 Å². The molecular formula is C18H25FN2O. The topological polar surface area (TPSA) is 23.6 Å². The summed E-state index contributed by atoms with van der Waals surface area (Å²) in [4.78, 5) is 17.1. The minimum Gasteiger partial charge on any atom is -0.340 e. The minimum absolute atomic E-state index is 0.114. The van der Waals surface area contributed by atoms with Gasteiger partial charge >= 0.3 is 0 Å². The summed E-state index contributed by atoms with van der Waals surface area (Å²) in [6.07, 6.45) is 4.37. The van der Waals surface area contributed by atoms with E-state index in [0.717, 1.165) is 44.6 Å². The van der Waals surface area contributed by atoms with Crippen molar-refractivity contribution in [2.24, 2.45) is 5.92 Å². The van der Waals surface area contributed by atoms with E-state index in [4.69, 9.17) is 0 Å². The Kier molecular flexibility index (Phi) is 4.77. The van der Waals surface area contributed by atoms with E-state index in [1.54, 1.807) is 12.1 Å². The molecule has 3 rings (SSSR count). The Labute approximate surface area is 132 Å². The molecule has 1 aliphatic carbocycles. The second kappa shape index (κ2) is 6.78. The van der Waals surface area contributed by atoms with Gasteiger partial charge in [-0.25, -0.2) is 4.39 Å². The highest BCUT2D eigenvalue weighted by molar-refractivity contribution is 5.79. The lowest BCUT2D eigenvalue weighted by Gasteiger charge is -2.35. The van der Waals surface area contributed by atoms with Crippen LogP contribution in [0.1, 0.15) is 38.2 Å². The molecule has 0 bridgehead atoms. The molecule has 1 aromatic rings. The lowest BCUT2D eigenvalue weighted by Crippen LogP contribution is -2.45. The lowest BCUT2D eigenvalue weighted by molar-refractivity contribution is -0.137. The van der Waals surface area contributed by atoms with Gasteiger partial charge in [0.15, 0.2) is 0 Å². The number of hydrogen-bond acceptors (Lipinski definition) is 2. The molecule has 1 atom stereocenters. The number of rotatable bonds is 5. The van der Waals surface area contributed by atoms with Crippen molar-refractivity contribution in [2.75, 3.05) is 19.6 Å². The van der Waals surface area contributed by atoms with Crippen LogP contribution >= 0.6 is 0 Å². The molecule has 1 aliphatic heterocycles. The quantitative estimate of drug-likeness (QED) is 0.835. The van der Waals surface area contributed by atoms with Crippen LogP contribution in [0.5, 0.6) is 0 Å². The summed E-state index contributed by atoms with van der Waals surface area (Å²) in [5.41, 5.74) is 0.989. The monoisotopic (exact) mass is 304 g/mol. The van der Waals surface area contributed by atoms with E-state index in [-0.39, 0.29) is 11.7 Å². The van der Waals surface area contributed by atoms with E-state index in [9.17, 15) is 9.18 Å². The Morgan fingerprint density at radius 2 is 2.18 bits per heavy atom. The fourth-order valence-corrected chi connectivity index (χ4v) is 3.51. The summed E-state index contributed by atoms with van der Waals surface area (Å²) >= 11 is 0. The number of halogens is 1. The van der Waals surface area contributed by atoms with Gasteiger partial charge in [-0.1, -0.05) is 12.1 Å². The Hall–Kier alpha value is -1.42. The molecule has 1 amide bonds. The normalized spacial score (nSPS) is 22.5. The second-order valence-electron chi connectivity index (χ2n) is 6.56. The maximum Gasteiger partial charge on any atom is 0.227 e. The number of hydrogen-bond donors (Lipinski definition) is 0. The summed E-state index contributed by atoms with van der Waals surface area (Å²) < 4.78 is 13.3. The highest BCUT2D eigenvalue weighted by atomic mass is 19.1. The van der Waals surface area contributed by atoms with Gasteiger partial charge in [0, 0.05) is 25.7 Å². The van der Waals surface area contributed by atoms with Gasteiger partial charge in [-0.3, -0.25) is 9.69 Å². The van der Waals surface area contributed by atoms with Crippen LogP contribution in [0.4, 0.5) is 4.39 Å². The molecule has 1 saturated carbocycles. The Balaban J connectivity index is 1.60. The maximum atomic E-state index is 13.3. The van der Waals surface area contributed by atoms with E-state index in [0.29, 0.717) is 11.9 Å². The molecule has 0 radical (unpaired) electrons. The van der Waals surface area contributed by atoms with Crippen LogP contribution in [0.15, 0.2) is 24.3 Å². The largest absolute Gasteiger partial charge is 0.340 e. The van der Waals surface area contributed by atoms with Gasteiger partial charge < -0.3 is 4.90 Å².